The van der Waals surface area contributed by atoms with E-state index in [2.05, 4.69) is 15.5 Å². The number of benzene rings is 2. The molecule has 3 aromatic rings. The molecule has 0 radical (unpaired) electrons. The number of H-pyrrole nitrogens is 1. The first-order valence-electron chi connectivity index (χ1n) is 11.4. The maximum atomic E-state index is 14.1. The standard InChI is InChI=1S/C26H29N5O4/c1-6-20-21(22(32)30(29-20)18-13-9-7-10-14-18)26(27-24(34)35-25(3,4)5)17(2)28-31(23(26)33)19-15-11-8-12-16-19/h7-16,29H,6H2,1-5H3,(H,27,34)/t26-/m1/s1. The van der Waals surface area contributed by atoms with Crippen molar-refractivity contribution < 1.29 is 14.3 Å². The van der Waals surface area contributed by atoms with Crippen LogP contribution >= 0.6 is 0 Å². The molecule has 0 bridgehead atoms. The quantitative estimate of drug-likeness (QED) is 0.584. The van der Waals surface area contributed by atoms with Crippen molar-refractivity contribution in [2.75, 3.05) is 5.01 Å². The number of hydrazone groups is 1. The predicted octanol–water partition coefficient (Wildman–Crippen LogP) is 3.87. The highest BCUT2D eigenvalue weighted by Crippen LogP contribution is 2.35. The van der Waals surface area contributed by atoms with Crippen molar-refractivity contribution in [1.82, 2.24) is 15.1 Å². The second kappa shape index (κ2) is 8.90. The number of rotatable bonds is 5. The van der Waals surface area contributed by atoms with Crippen LogP contribution in [-0.2, 0) is 21.5 Å². The number of amides is 2. The minimum Gasteiger partial charge on any atom is -0.444 e. The number of aromatic amines is 1. The van der Waals surface area contributed by atoms with Gasteiger partial charge in [0.15, 0.2) is 5.54 Å². The van der Waals surface area contributed by atoms with E-state index in [1.807, 2.05) is 31.2 Å². The molecule has 1 atom stereocenters. The lowest BCUT2D eigenvalue weighted by Gasteiger charge is -2.30. The smallest absolute Gasteiger partial charge is 0.409 e. The number of aromatic nitrogens is 2. The number of nitrogens with one attached hydrogen (secondary N) is 2. The summed E-state index contributed by atoms with van der Waals surface area (Å²) < 4.78 is 6.87. The Morgan fingerprint density at radius 3 is 2.14 bits per heavy atom. The summed E-state index contributed by atoms with van der Waals surface area (Å²) >= 11 is 0. The van der Waals surface area contributed by atoms with E-state index in [1.54, 1.807) is 64.1 Å². The lowest BCUT2D eigenvalue weighted by atomic mass is 9.84. The zero-order valence-electron chi connectivity index (χ0n) is 20.5. The number of hydrogen-bond donors (Lipinski definition) is 2. The van der Waals surface area contributed by atoms with Gasteiger partial charge in [-0.15, -0.1) is 0 Å². The maximum absolute atomic E-state index is 14.1. The van der Waals surface area contributed by atoms with Gasteiger partial charge in [-0.2, -0.15) is 10.1 Å². The Kier molecular flexibility index (Phi) is 6.10. The SMILES string of the molecule is CCc1[nH]n(-c2ccccc2)c(=O)c1[C@@]1(NC(=O)OC(C)(C)C)C(=O)N(c2ccccc2)N=C1C. The number of alkyl carbamates (subject to hydrolysis) is 1. The number of aryl methyl sites for hydroxylation is 1. The normalized spacial score (nSPS) is 17.9. The number of hydrogen-bond acceptors (Lipinski definition) is 5. The molecule has 1 aliphatic rings. The van der Waals surface area contributed by atoms with Crippen LogP contribution in [0, 0.1) is 0 Å². The second-order valence-corrected chi connectivity index (χ2v) is 9.31. The van der Waals surface area contributed by atoms with Gasteiger partial charge in [0.1, 0.15) is 5.60 Å². The van der Waals surface area contributed by atoms with E-state index in [0.29, 0.717) is 23.5 Å². The summed E-state index contributed by atoms with van der Waals surface area (Å²) in [5.74, 6) is -0.571. The number of nitrogens with zero attached hydrogens (tertiary/aromatic N) is 3. The van der Waals surface area contributed by atoms with Gasteiger partial charge in [0.2, 0.25) is 0 Å². The van der Waals surface area contributed by atoms with E-state index in [0.717, 1.165) is 0 Å². The van der Waals surface area contributed by atoms with Crippen LogP contribution in [0.5, 0.6) is 0 Å². The summed E-state index contributed by atoms with van der Waals surface area (Å²) in [5.41, 5.74) is -1.13. The van der Waals surface area contributed by atoms with E-state index in [-0.39, 0.29) is 11.3 Å². The molecule has 0 unspecified atom stereocenters. The monoisotopic (exact) mass is 475 g/mol. The van der Waals surface area contributed by atoms with Gasteiger partial charge in [-0.3, -0.25) is 20.0 Å². The van der Waals surface area contributed by atoms with Crippen LogP contribution in [0.2, 0.25) is 0 Å². The van der Waals surface area contributed by atoms with Gasteiger partial charge < -0.3 is 4.74 Å². The Hall–Kier alpha value is -4.14. The largest absolute Gasteiger partial charge is 0.444 e. The molecule has 182 valence electrons. The van der Waals surface area contributed by atoms with Crippen molar-refractivity contribution in [3.8, 4) is 5.69 Å². The summed E-state index contributed by atoms with van der Waals surface area (Å²) in [4.78, 5) is 41.0. The van der Waals surface area contributed by atoms with Crippen molar-refractivity contribution in [3.05, 3.63) is 82.3 Å². The third-order valence-electron chi connectivity index (χ3n) is 5.70. The molecule has 2 amide bonds. The molecule has 1 aromatic heterocycles. The first kappa shape index (κ1) is 24.0. The molecule has 0 spiro atoms. The Morgan fingerprint density at radius 2 is 1.60 bits per heavy atom. The number of para-hydroxylation sites is 2. The van der Waals surface area contributed by atoms with Crippen molar-refractivity contribution >= 4 is 23.4 Å². The third-order valence-corrected chi connectivity index (χ3v) is 5.70. The molecule has 2 aromatic carbocycles. The fraction of sp³-hybridized carbons (Fsp3) is 0.308. The van der Waals surface area contributed by atoms with E-state index in [9.17, 15) is 14.4 Å². The van der Waals surface area contributed by atoms with E-state index >= 15 is 0 Å². The first-order valence-corrected chi connectivity index (χ1v) is 11.4. The van der Waals surface area contributed by atoms with Gasteiger partial charge in [-0.1, -0.05) is 43.3 Å². The minimum atomic E-state index is -1.85. The molecule has 2 heterocycles. The molecule has 0 saturated heterocycles. The molecule has 2 N–H and O–H groups in total. The Morgan fingerprint density at radius 1 is 1.03 bits per heavy atom. The molecular formula is C26H29N5O4. The number of carbonyl (C=O) groups is 2. The lowest BCUT2D eigenvalue weighted by molar-refractivity contribution is -0.122. The van der Waals surface area contributed by atoms with Crippen molar-refractivity contribution in [2.45, 2.75) is 52.2 Å². The lowest BCUT2D eigenvalue weighted by Crippen LogP contribution is -2.59. The molecular weight excluding hydrogens is 446 g/mol. The van der Waals surface area contributed by atoms with Gasteiger partial charge in [-0.25, -0.2) is 9.48 Å². The summed E-state index contributed by atoms with van der Waals surface area (Å²) in [5, 5.41) is 11.5. The fourth-order valence-corrected chi connectivity index (χ4v) is 4.16. The van der Waals surface area contributed by atoms with Crippen LogP contribution < -0.4 is 15.9 Å². The summed E-state index contributed by atoms with van der Waals surface area (Å²) in [6, 6.07) is 17.9. The Balaban J connectivity index is 1.93. The summed E-state index contributed by atoms with van der Waals surface area (Å²) in [6.07, 6.45) is -0.419. The Bertz CT molecular complexity index is 1340. The van der Waals surface area contributed by atoms with E-state index in [1.165, 1.54) is 9.69 Å². The first-order chi connectivity index (χ1) is 16.6. The molecule has 4 rings (SSSR count). The fourth-order valence-electron chi connectivity index (χ4n) is 4.16. The Labute approximate surface area is 203 Å². The summed E-state index contributed by atoms with van der Waals surface area (Å²) in [7, 11) is 0. The predicted molar refractivity (Wildman–Crippen MR) is 134 cm³/mol. The average Bonchev–Trinajstić information content (AvgIpc) is 3.28. The summed E-state index contributed by atoms with van der Waals surface area (Å²) in [6.45, 7) is 8.67. The average molecular weight is 476 g/mol. The number of ether oxygens (including phenoxy) is 1. The van der Waals surface area contributed by atoms with Crippen molar-refractivity contribution in [1.29, 1.82) is 0 Å². The van der Waals surface area contributed by atoms with Crippen molar-refractivity contribution in [3.63, 3.8) is 0 Å². The van der Waals surface area contributed by atoms with Crippen molar-refractivity contribution in [2.24, 2.45) is 5.10 Å². The van der Waals surface area contributed by atoms with Crippen LogP contribution in [0.15, 0.2) is 70.6 Å². The van der Waals surface area contributed by atoms with E-state index < -0.39 is 28.7 Å². The van der Waals surface area contributed by atoms with Crippen LogP contribution in [0.25, 0.3) is 5.69 Å². The zero-order chi connectivity index (χ0) is 25.4. The molecule has 35 heavy (non-hydrogen) atoms. The maximum Gasteiger partial charge on any atom is 0.409 e. The second-order valence-electron chi connectivity index (χ2n) is 9.31. The van der Waals surface area contributed by atoms with Crippen LogP contribution in [0.3, 0.4) is 0 Å². The highest BCUT2D eigenvalue weighted by atomic mass is 16.6. The number of carbonyl (C=O) groups excluding carboxylic acids is 2. The third kappa shape index (κ3) is 4.25. The molecule has 9 heteroatoms. The molecule has 9 nitrogen and oxygen atoms in total. The zero-order valence-corrected chi connectivity index (χ0v) is 20.5. The van der Waals surface area contributed by atoms with Crippen LogP contribution in [0.4, 0.5) is 10.5 Å². The number of anilines is 1. The van der Waals surface area contributed by atoms with Crippen LogP contribution in [-0.4, -0.2) is 33.1 Å². The van der Waals surface area contributed by atoms with Crippen LogP contribution in [0.1, 0.15) is 45.9 Å². The van der Waals surface area contributed by atoms with Gasteiger partial charge in [0.05, 0.1) is 22.6 Å². The van der Waals surface area contributed by atoms with Gasteiger partial charge in [0.25, 0.3) is 11.5 Å². The molecule has 0 aliphatic carbocycles. The highest BCUT2D eigenvalue weighted by molar-refractivity contribution is 6.23. The molecule has 1 aliphatic heterocycles. The van der Waals surface area contributed by atoms with Gasteiger partial charge in [-0.05, 0) is 58.4 Å². The van der Waals surface area contributed by atoms with E-state index in [4.69, 9.17) is 4.74 Å². The van der Waals surface area contributed by atoms with Gasteiger partial charge >= 0.3 is 6.09 Å². The topological polar surface area (TPSA) is 109 Å². The molecule has 0 saturated carbocycles. The minimum absolute atomic E-state index is 0.111. The molecule has 0 fully saturated rings. The van der Waals surface area contributed by atoms with Gasteiger partial charge in [0, 0.05) is 5.69 Å². The highest BCUT2D eigenvalue weighted by Gasteiger charge is 2.56.